The van der Waals surface area contributed by atoms with Crippen molar-refractivity contribution in [2.24, 2.45) is 5.41 Å². The Labute approximate surface area is 119 Å². The van der Waals surface area contributed by atoms with E-state index < -0.39 is 0 Å². The first-order valence-electron chi connectivity index (χ1n) is 6.52. The summed E-state index contributed by atoms with van der Waals surface area (Å²) in [4.78, 5) is 0. The molecule has 0 nitrogen and oxygen atoms in total. The third-order valence-corrected chi connectivity index (χ3v) is 7.68. The van der Waals surface area contributed by atoms with E-state index in [1.807, 2.05) is 0 Å². The van der Waals surface area contributed by atoms with Crippen LogP contribution in [-0.2, 0) is 0 Å². The zero-order chi connectivity index (χ0) is 13.7. The van der Waals surface area contributed by atoms with Crippen LogP contribution in [0, 0.1) is 5.41 Å². The molecule has 0 atom stereocenters. The molecular weight excluding hydrogens is 266 g/mol. The van der Waals surface area contributed by atoms with Gasteiger partial charge in [-0.3, -0.25) is 0 Å². The van der Waals surface area contributed by atoms with Crippen molar-refractivity contribution in [2.75, 3.05) is 0 Å². The molecule has 0 aliphatic carbocycles. The van der Waals surface area contributed by atoms with Crippen LogP contribution in [0.15, 0.2) is 60.7 Å². The third kappa shape index (κ3) is 4.57. The predicted octanol–water partition coefficient (Wildman–Crippen LogP) is 4.83. The smallest absolute Gasteiger partial charge is 0.00870 e. The minimum absolute atomic E-state index is 0.270. The molecule has 0 spiro atoms. The highest BCUT2D eigenvalue weighted by Crippen LogP contribution is 2.47. The van der Waals surface area contributed by atoms with E-state index in [1.165, 1.54) is 18.5 Å². The van der Waals surface area contributed by atoms with Gasteiger partial charge in [0.25, 0.3) is 0 Å². The minimum Gasteiger partial charge on any atom is -0.0700 e. The number of hydrogen-bond acceptors (Lipinski definition) is 0. The van der Waals surface area contributed by atoms with Gasteiger partial charge in [-0.05, 0) is 16.0 Å². The number of rotatable bonds is 3. The molecule has 0 fully saturated rings. The van der Waals surface area contributed by atoms with Crippen LogP contribution in [0.25, 0.3) is 0 Å². The van der Waals surface area contributed by atoms with Crippen LogP contribution in [0.2, 0.25) is 0 Å². The van der Waals surface area contributed by atoms with E-state index in [-0.39, 0.29) is 13.0 Å². The van der Waals surface area contributed by atoms with Gasteiger partial charge in [-0.1, -0.05) is 95.1 Å². The Morgan fingerprint density at radius 1 is 0.789 bits per heavy atom. The van der Waals surface area contributed by atoms with Gasteiger partial charge < -0.3 is 0 Å². The van der Waals surface area contributed by atoms with Crippen LogP contribution in [0.3, 0.4) is 0 Å². The maximum absolute atomic E-state index is 2.43. The first kappa shape index (κ1) is 14.4. The van der Waals surface area contributed by atoms with E-state index >= 15 is 0 Å². The maximum Gasteiger partial charge on any atom is 0.00870 e. The van der Waals surface area contributed by atoms with Crippen LogP contribution in [0.5, 0.6) is 0 Å². The molecule has 2 aromatic rings. The Morgan fingerprint density at radius 3 is 1.58 bits per heavy atom. The molecule has 0 aromatic heterocycles. The standard InChI is InChI=1S/C17H20P2/c1-17(2,3)14-18-19(15-10-6-4-7-11-15)16-12-8-5-9-13-16/h4-14H,1-3H3. The molecule has 0 unspecified atom stereocenters. The second-order valence-electron chi connectivity index (χ2n) is 5.59. The van der Waals surface area contributed by atoms with Gasteiger partial charge in [0.15, 0.2) is 0 Å². The van der Waals surface area contributed by atoms with Crippen molar-refractivity contribution >= 4 is 31.9 Å². The molecule has 2 heteroatoms. The van der Waals surface area contributed by atoms with Crippen LogP contribution < -0.4 is 10.6 Å². The van der Waals surface area contributed by atoms with Gasteiger partial charge in [0, 0.05) is 7.61 Å². The quantitative estimate of drug-likeness (QED) is 0.709. The highest BCUT2D eigenvalue weighted by Gasteiger charge is 2.12. The van der Waals surface area contributed by atoms with Crippen LogP contribution in [0.1, 0.15) is 20.8 Å². The molecule has 0 radical (unpaired) electrons. The molecule has 2 aromatic carbocycles. The molecule has 2 rings (SSSR count). The topological polar surface area (TPSA) is 0 Å². The average Bonchev–Trinajstić information content (AvgIpc) is 2.40. The molecule has 0 heterocycles. The van der Waals surface area contributed by atoms with Crippen molar-refractivity contribution in [3.05, 3.63) is 60.7 Å². The van der Waals surface area contributed by atoms with Crippen molar-refractivity contribution in [3.63, 3.8) is 0 Å². The summed E-state index contributed by atoms with van der Waals surface area (Å²) in [6.07, 6.45) is 0. The molecule has 0 aliphatic rings. The zero-order valence-corrected chi connectivity index (χ0v) is 13.5. The van der Waals surface area contributed by atoms with E-state index in [2.05, 4.69) is 87.2 Å². The average molecular weight is 286 g/mol. The van der Waals surface area contributed by atoms with Gasteiger partial charge >= 0.3 is 0 Å². The van der Waals surface area contributed by atoms with Gasteiger partial charge in [0.1, 0.15) is 0 Å². The summed E-state index contributed by atoms with van der Waals surface area (Å²) >= 11 is 0. The van der Waals surface area contributed by atoms with Gasteiger partial charge in [0.05, 0.1) is 0 Å². The van der Waals surface area contributed by atoms with Crippen molar-refractivity contribution in [3.8, 4) is 0 Å². The molecule has 0 amide bonds. The number of hydrogen-bond donors (Lipinski definition) is 0. The fraction of sp³-hybridized carbons (Fsp3) is 0.235. The van der Waals surface area contributed by atoms with Crippen LogP contribution in [0.4, 0.5) is 0 Å². The van der Waals surface area contributed by atoms with E-state index in [1.54, 1.807) is 0 Å². The Bertz CT molecular complexity index is 485. The summed E-state index contributed by atoms with van der Waals surface area (Å²) in [7, 11) is 1.12. The minimum atomic E-state index is -0.299. The maximum atomic E-state index is 2.43. The molecule has 0 saturated carbocycles. The van der Waals surface area contributed by atoms with E-state index in [0.29, 0.717) is 0 Å². The highest BCUT2D eigenvalue weighted by molar-refractivity contribution is 8.27. The fourth-order valence-corrected chi connectivity index (χ4v) is 6.57. The van der Waals surface area contributed by atoms with Gasteiger partial charge in [-0.2, -0.15) is 0 Å². The lowest BCUT2D eigenvalue weighted by Gasteiger charge is -2.17. The molecule has 0 saturated heterocycles. The monoisotopic (exact) mass is 286 g/mol. The fourth-order valence-electron chi connectivity index (χ4n) is 1.65. The van der Waals surface area contributed by atoms with E-state index in [0.717, 1.165) is 0 Å². The van der Waals surface area contributed by atoms with Crippen LogP contribution in [-0.4, -0.2) is 5.80 Å². The summed E-state index contributed by atoms with van der Waals surface area (Å²) in [5.41, 5.74) is 0.270. The summed E-state index contributed by atoms with van der Waals surface area (Å²) < 4.78 is 0. The lowest BCUT2D eigenvalue weighted by atomic mass is 10.0. The molecule has 0 aliphatic heterocycles. The molecule has 0 N–H and O–H groups in total. The molecule has 0 bridgehead atoms. The van der Waals surface area contributed by atoms with Gasteiger partial charge in [0.2, 0.25) is 0 Å². The second kappa shape index (κ2) is 6.47. The van der Waals surface area contributed by atoms with Crippen molar-refractivity contribution in [1.29, 1.82) is 0 Å². The molecule has 98 valence electrons. The molecular formula is C17H20P2. The van der Waals surface area contributed by atoms with E-state index in [4.69, 9.17) is 0 Å². The number of benzene rings is 2. The normalized spacial score (nSPS) is 12.2. The van der Waals surface area contributed by atoms with Crippen molar-refractivity contribution in [2.45, 2.75) is 20.8 Å². The van der Waals surface area contributed by atoms with Gasteiger partial charge in [-0.15, -0.1) is 0 Å². The Balaban J connectivity index is 2.38. The third-order valence-electron chi connectivity index (χ3n) is 2.56. The first-order valence-corrected chi connectivity index (χ1v) is 9.53. The Hall–Kier alpha value is -0.960. The second-order valence-corrected chi connectivity index (χ2v) is 9.63. The lowest BCUT2D eigenvalue weighted by Crippen LogP contribution is -2.09. The Morgan fingerprint density at radius 2 is 1.21 bits per heavy atom. The van der Waals surface area contributed by atoms with E-state index in [9.17, 15) is 0 Å². The largest absolute Gasteiger partial charge is 0.0700 e. The highest BCUT2D eigenvalue weighted by atomic mass is 32.0. The van der Waals surface area contributed by atoms with Crippen molar-refractivity contribution < 1.29 is 0 Å². The summed E-state index contributed by atoms with van der Waals surface area (Å²) in [5.74, 6) is 2.43. The van der Waals surface area contributed by atoms with Crippen LogP contribution >= 0.6 is 15.5 Å². The summed E-state index contributed by atoms with van der Waals surface area (Å²) in [5, 5.41) is 2.90. The Kier molecular flexibility index (Phi) is 4.92. The molecule has 19 heavy (non-hydrogen) atoms. The first-order chi connectivity index (χ1) is 9.06. The lowest BCUT2D eigenvalue weighted by molar-refractivity contribution is 0.615. The zero-order valence-electron chi connectivity index (χ0n) is 11.7. The predicted molar refractivity (Wildman–Crippen MR) is 91.5 cm³/mol. The van der Waals surface area contributed by atoms with Gasteiger partial charge in [-0.25, -0.2) is 0 Å². The summed E-state index contributed by atoms with van der Waals surface area (Å²) in [6, 6.07) is 21.7. The SMILES string of the molecule is CC(C)(C)C=PP(c1ccccc1)c1ccccc1. The summed E-state index contributed by atoms with van der Waals surface area (Å²) in [6.45, 7) is 6.80. The van der Waals surface area contributed by atoms with Crippen molar-refractivity contribution in [1.82, 2.24) is 0 Å².